The summed E-state index contributed by atoms with van der Waals surface area (Å²) in [7, 11) is 0. The summed E-state index contributed by atoms with van der Waals surface area (Å²) in [5.74, 6) is -2.06. The van der Waals surface area contributed by atoms with Gasteiger partial charge in [-0.25, -0.2) is 4.98 Å². The van der Waals surface area contributed by atoms with E-state index in [0.29, 0.717) is 10.7 Å². The maximum atomic E-state index is 12.5. The molecule has 0 aliphatic rings. The van der Waals surface area contributed by atoms with Crippen LogP contribution in [-0.2, 0) is 11.2 Å². The molecule has 0 aliphatic heterocycles. The van der Waals surface area contributed by atoms with Crippen LogP contribution in [0.1, 0.15) is 5.56 Å². The zero-order chi connectivity index (χ0) is 19.4. The van der Waals surface area contributed by atoms with Gasteiger partial charge in [0.1, 0.15) is 5.92 Å². The third-order valence-electron chi connectivity index (χ3n) is 3.88. The normalized spacial score (nSPS) is 11.6. The van der Waals surface area contributed by atoms with Crippen molar-refractivity contribution in [2.75, 3.05) is 5.32 Å². The van der Waals surface area contributed by atoms with E-state index in [9.17, 15) is 20.3 Å². The highest BCUT2D eigenvalue weighted by Crippen LogP contribution is 2.36. The standard InChI is InChI=1S/C19H14BrN3O3S/c20-16-12(6-7-15(24)17(16)25)8-13(9-21)18(26)23-19-22-14(10-27-19)11-4-2-1-3-5-11/h1-7,10,13,24-25H,8H2,(H,22,23,26). The molecular weight excluding hydrogens is 430 g/mol. The predicted octanol–water partition coefficient (Wildman–Crippen LogP) is 4.30. The molecule has 2 aromatic carbocycles. The molecule has 0 saturated carbocycles. The van der Waals surface area contributed by atoms with E-state index in [1.807, 2.05) is 41.8 Å². The van der Waals surface area contributed by atoms with Gasteiger partial charge in [0, 0.05) is 10.9 Å². The lowest BCUT2D eigenvalue weighted by atomic mass is 9.99. The van der Waals surface area contributed by atoms with Crippen molar-refractivity contribution in [3.05, 3.63) is 57.9 Å². The molecule has 3 N–H and O–H groups in total. The molecule has 1 unspecified atom stereocenters. The van der Waals surface area contributed by atoms with Crippen molar-refractivity contribution >= 4 is 38.3 Å². The average Bonchev–Trinajstić information content (AvgIpc) is 3.15. The molecule has 0 radical (unpaired) electrons. The summed E-state index contributed by atoms with van der Waals surface area (Å²) in [6, 6.07) is 14.4. The monoisotopic (exact) mass is 443 g/mol. The Bertz CT molecular complexity index is 1010. The van der Waals surface area contributed by atoms with E-state index in [2.05, 4.69) is 26.2 Å². The third kappa shape index (κ3) is 4.27. The van der Waals surface area contributed by atoms with Gasteiger partial charge in [-0.2, -0.15) is 5.26 Å². The van der Waals surface area contributed by atoms with Crippen LogP contribution in [0, 0.1) is 17.2 Å². The maximum absolute atomic E-state index is 12.5. The van der Waals surface area contributed by atoms with E-state index in [1.165, 1.54) is 17.4 Å². The molecule has 0 fully saturated rings. The molecule has 8 heteroatoms. The second-order valence-corrected chi connectivity index (χ2v) is 7.34. The topological polar surface area (TPSA) is 106 Å². The van der Waals surface area contributed by atoms with Crippen LogP contribution in [0.2, 0.25) is 0 Å². The number of nitrogens with zero attached hydrogens (tertiary/aromatic N) is 2. The number of benzene rings is 2. The average molecular weight is 444 g/mol. The number of anilines is 1. The van der Waals surface area contributed by atoms with Gasteiger partial charge >= 0.3 is 0 Å². The third-order valence-corrected chi connectivity index (χ3v) is 5.52. The lowest BCUT2D eigenvalue weighted by Gasteiger charge is -2.11. The van der Waals surface area contributed by atoms with Gasteiger partial charge < -0.3 is 15.5 Å². The lowest BCUT2D eigenvalue weighted by molar-refractivity contribution is -0.118. The summed E-state index contributed by atoms with van der Waals surface area (Å²) < 4.78 is 0.260. The van der Waals surface area contributed by atoms with Crippen LogP contribution < -0.4 is 5.32 Å². The lowest BCUT2D eigenvalue weighted by Crippen LogP contribution is -2.23. The second-order valence-electron chi connectivity index (χ2n) is 5.69. The van der Waals surface area contributed by atoms with Crippen LogP contribution in [0.4, 0.5) is 5.13 Å². The van der Waals surface area contributed by atoms with Crippen LogP contribution in [0.25, 0.3) is 11.3 Å². The van der Waals surface area contributed by atoms with E-state index in [0.717, 1.165) is 11.3 Å². The Balaban J connectivity index is 1.72. The van der Waals surface area contributed by atoms with Gasteiger partial charge in [-0.05, 0) is 34.0 Å². The molecule has 1 heterocycles. The number of carbonyl (C=O) groups is 1. The van der Waals surface area contributed by atoms with Crippen LogP contribution >= 0.6 is 27.3 Å². The highest BCUT2D eigenvalue weighted by Gasteiger charge is 2.22. The largest absolute Gasteiger partial charge is 0.504 e. The second kappa shape index (κ2) is 8.20. The molecule has 6 nitrogen and oxygen atoms in total. The number of hydrogen-bond acceptors (Lipinski definition) is 6. The molecule has 0 aliphatic carbocycles. The minimum atomic E-state index is -0.977. The Kier molecular flexibility index (Phi) is 5.74. The van der Waals surface area contributed by atoms with Crippen molar-refractivity contribution in [3.63, 3.8) is 0 Å². The fourth-order valence-electron chi connectivity index (χ4n) is 2.44. The summed E-state index contributed by atoms with van der Waals surface area (Å²) in [5.41, 5.74) is 2.22. The Morgan fingerprint density at radius 2 is 2.00 bits per heavy atom. The number of aromatic hydroxyl groups is 2. The number of phenols is 2. The Labute approximate surface area is 167 Å². The van der Waals surface area contributed by atoms with Crippen molar-refractivity contribution in [2.45, 2.75) is 6.42 Å². The minimum absolute atomic E-state index is 0.0771. The van der Waals surface area contributed by atoms with Gasteiger partial charge in [-0.15, -0.1) is 11.3 Å². The number of rotatable bonds is 5. The van der Waals surface area contributed by atoms with E-state index in [4.69, 9.17) is 0 Å². The van der Waals surface area contributed by atoms with E-state index >= 15 is 0 Å². The van der Waals surface area contributed by atoms with Gasteiger partial charge in [0.05, 0.1) is 16.2 Å². The quantitative estimate of drug-likeness (QED) is 0.509. The molecule has 0 spiro atoms. The first-order chi connectivity index (χ1) is 13.0. The SMILES string of the molecule is N#CC(Cc1ccc(O)c(O)c1Br)C(=O)Nc1nc(-c2ccccc2)cs1. The molecular formula is C19H14BrN3O3S. The van der Waals surface area contributed by atoms with Gasteiger partial charge in [0.25, 0.3) is 0 Å². The van der Waals surface area contributed by atoms with Gasteiger partial charge in [-0.3, -0.25) is 4.79 Å². The van der Waals surface area contributed by atoms with Gasteiger partial charge in [0.15, 0.2) is 16.6 Å². The van der Waals surface area contributed by atoms with Crippen LogP contribution in [-0.4, -0.2) is 21.1 Å². The number of thiazole rings is 1. The summed E-state index contributed by atoms with van der Waals surface area (Å²) in [6.45, 7) is 0. The first-order valence-electron chi connectivity index (χ1n) is 7.90. The molecule has 3 rings (SSSR count). The first kappa shape index (κ1) is 18.9. The smallest absolute Gasteiger partial charge is 0.243 e. The number of aromatic nitrogens is 1. The summed E-state index contributed by atoms with van der Waals surface area (Å²) >= 11 is 4.45. The van der Waals surface area contributed by atoms with Crippen molar-refractivity contribution in [3.8, 4) is 28.8 Å². The molecule has 3 aromatic rings. The molecule has 136 valence electrons. The highest BCUT2D eigenvalue weighted by atomic mass is 79.9. The van der Waals surface area contributed by atoms with Crippen molar-refractivity contribution in [2.24, 2.45) is 5.92 Å². The van der Waals surface area contributed by atoms with Crippen LogP contribution in [0.5, 0.6) is 11.5 Å². The maximum Gasteiger partial charge on any atom is 0.243 e. The number of hydrogen-bond donors (Lipinski definition) is 3. The Morgan fingerprint density at radius 1 is 1.26 bits per heavy atom. The van der Waals surface area contributed by atoms with E-state index < -0.39 is 11.8 Å². The van der Waals surface area contributed by atoms with Gasteiger partial charge in [0.2, 0.25) is 5.91 Å². The number of carbonyl (C=O) groups excluding carboxylic acids is 1. The highest BCUT2D eigenvalue weighted by molar-refractivity contribution is 9.10. The fourth-order valence-corrected chi connectivity index (χ4v) is 3.66. The first-order valence-corrected chi connectivity index (χ1v) is 9.57. The molecule has 1 amide bonds. The summed E-state index contributed by atoms with van der Waals surface area (Å²) in [6.07, 6.45) is 0.0771. The number of amides is 1. The number of nitriles is 1. The van der Waals surface area contributed by atoms with Crippen LogP contribution in [0.15, 0.2) is 52.3 Å². The van der Waals surface area contributed by atoms with Crippen LogP contribution in [0.3, 0.4) is 0 Å². The number of phenolic OH excluding ortho intramolecular Hbond substituents is 2. The van der Waals surface area contributed by atoms with Crippen molar-refractivity contribution < 1.29 is 15.0 Å². The number of nitrogens with one attached hydrogen (secondary N) is 1. The van der Waals surface area contributed by atoms with Crippen molar-refractivity contribution in [1.82, 2.24) is 4.98 Å². The molecule has 27 heavy (non-hydrogen) atoms. The summed E-state index contributed by atoms with van der Waals surface area (Å²) in [4.78, 5) is 16.8. The zero-order valence-corrected chi connectivity index (χ0v) is 16.3. The van der Waals surface area contributed by atoms with E-state index in [-0.39, 0.29) is 22.4 Å². The summed E-state index contributed by atoms with van der Waals surface area (Å²) in [5, 5.41) is 33.5. The van der Waals surface area contributed by atoms with Crippen molar-refractivity contribution in [1.29, 1.82) is 5.26 Å². The van der Waals surface area contributed by atoms with Gasteiger partial charge in [-0.1, -0.05) is 36.4 Å². The molecule has 1 aromatic heterocycles. The molecule has 1 atom stereocenters. The Morgan fingerprint density at radius 3 is 2.70 bits per heavy atom. The molecule has 0 bridgehead atoms. The minimum Gasteiger partial charge on any atom is -0.504 e. The molecule has 0 saturated heterocycles. The zero-order valence-electron chi connectivity index (χ0n) is 13.9. The predicted molar refractivity (Wildman–Crippen MR) is 106 cm³/mol. The fraction of sp³-hybridized carbons (Fsp3) is 0.105. The number of halogens is 1. The Hall–Kier alpha value is -2.89. The van der Waals surface area contributed by atoms with E-state index in [1.54, 1.807) is 6.07 Å².